The molecule has 2 bridgehead atoms. The summed E-state index contributed by atoms with van der Waals surface area (Å²) >= 11 is 0. The Morgan fingerprint density at radius 3 is 1.51 bits per heavy atom. The first-order chi connectivity index (χ1) is 18.0. The molecule has 1 fully saturated rings. The number of carbonyl (C=O) groups is 2. The molecule has 7 rings (SSSR count). The van der Waals surface area contributed by atoms with Crippen molar-refractivity contribution in [3.05, 3.63) is 70.8 Å². The van der Waals surface area contributed by atoms with Crippen LogP contribution in [0.1, 0.15) is 54.4 Å². The van der Waals surface area contributed by atoms with E-state index in [9.17, 15) is 9.59 Å². The van der Waals surface area contributed by atoms with Gasteiger partial charge in [-0.2, -0.15) is 0 Å². The largest absolute Gasteiger partial charge is 0.466 e. The number of hydrogen-bond acceptors (Lipinski definition) is 4. The van der Waals surface area contributed by atoms with E-state index in [0.717, 1.165) is 6.42 Å². The lowest BCUT2D eigenvalue weighted by atomic mass is 9.71. The number of rotatable bonds is 4. The molecule has 5 aromatic rings. The summed E-state index contributed by atoms with van der Waals surface area (Å²) in [7, 11) is 0. The van der Waals surface area contributed by atoms with Gasteiger partial charge in [-0.1, -0.05) is 48.5 Å². The quantitative estimate of drug-likeness (QED) is 0.151. The van der Waals surface area contributed by atoms with Crippen LogP contribution in [0.4, 0.5) is 0 Å². The Hall–Kier alpha value is -3.66. The van der Waals surface area contributed by atoms with Crippen molar-refractivity contribution >= 4 is 55.0 Å². The molecule has 0 saturated heterocycles. The molecule has 1 saturated carbocycles. The number of ether oxygens (including phenoxy) is 2. The SMILES string of the molecule is CCOC(=O)[C@H]1[C@H](C(=O)OCC)[C@H]2C[C@@H]1c1c2c(C)c2c3cccc4ccc5cccc(c2c1C)c5c43. The summed E-state index contributed by atoms with van der Waals surface area (Å²) in [4.78, 5) is 26.5. The standard InChI is InChI=1S/C33H30O4/c1-5-36-32(34)30-22-15-23(31(30)33(35)37-6-2)27-17(4)25-21-12-8-10-19-14-13-18-9-7-11-20(28(18)29(19)21)24(25)16(3)26(22)27/h7-14,22-23,30-31H,5-6,15H2,1-4H3/t22-,23+,30-,31-/m1/s1. The monoisotopic (exact) mass is 490 g/mol. The van der Waals surface area contributed by atoms with E-state index in [1.807, 2.05) is 13.8 Å². The molecule has 0 radical (unpaired) electrons. The van der Waals surface area contributed by atoms with Gasteiger partial charge in [0.1, 0.15) is 0 Å². The smallest absolute Gasteiger partial charge is 0.310 e. The van der Waals surface area contributed by atoms with Crippen LogP contribution in [0.5, 0.6) is 0 Å². The van der Waals surface area contributed by atoms with Crippen LogP contribution in [0, 0.1) is 25.7 Å². The van der Waals surface area contributed by atoms with E-state index in [0.29, 0.717) is 13.2 Å². The van der Waals surface area contributed by atoms with Crippen LogP contribution in [0.15, 0.2) is 48.5 Å². The van der Waals surface area contributed by atoms with Crippen molar-refractivity contribution in [3.63, 3.8) is 0 Å². The average Bonchev–Trinajstić information content (AvgIpc) is 3.48. The van der Waals surface area contributed by atoms with Crippen LogP contribution in [0.25, 0.3) is 43.1 Å². The fraction of sp³-hybridized carbons (Fsp3) is 0.333. The second kappa shape index (κ2) is 7.92. The van der Waals surface area contributed by atoms with Crippen molar-refractivity contribution in [1.29, 1.82) is 0 Å². The molecule has 0 spiro atoms. The van der Waals surface area contributed by atoms with Crippen molar-refractivity contribution in [2.75, 3.05) is 13.2 Å². The lowest BCUT2D eigenvalue weighted by molar-refractivity contribution is -0.160. The Bertz CT molecular complexity index is 1640. The van der Waals surface area contributed by atoms with E-state index in [1.165, 1.54) is 65.3 Å². The van der Waals surface area contributed by atoms with Crippen molar-refractivity contribution < 1.29 is 19.1 Å². The zero-order valence-corrected chi connectivity index (χ0v) is 21.7. The van der Waals surface area contributed by atoms with Gasteiger partial charge in [0.05, 0.1) is 25.0 Å². The summed E-state index contributed by atoms with van der Waals surface area (Å²) in [5, 5.41) is 10.2. The Morgan fingerprint density at radius 1 is 0.676 bits per heavy atom. The molecule has 37 heavy (non-hydrogen) atoms. The van der Waals surface area contributed by atoms with Crippen molar-refractivity contribution in [3.8, 4) is 0 Å². The number of hydrogen-bond donors (Lipinski definition) is 0. The highest BCUT2D eigenvalue weighted by atomic mass is 16.5. The van der Waals surface area contributed by atoms with E-state index in [-0.39, 0.29) is 23.8 Å². The maximum atomic E-state index is 13.3. The molecule has 4 nitrogen and oxygen atoms in total. The summed E-state index contributed by atoms with van der Waals surface area (Å²) in [6.07, 6.45) is 0.786. The van der Waals surface area contributed by atoms with E-state index >= 15 is 0 Å². The second-order valence-corrected chi connectivity index (χ2v) is 10.7. The molecule has 5 aromatic carbocycles. The van der Waals surface area contributed by atoms with Crippen molar-refractivity contribution in [1.82, 2.24) is 0 Å². The van der Waals surface area contributed by atoms with Crippen LogP contribution in [0.2, 0.25) is 0 Å². The average molecular weight is 491 g/mol. The van der Waals surface area contributed by atoms with Gasteiger partial charge in [-0.15, -0.1) is 0 Å². The van der Waals surface area contributed by atoms with Gasteiger partial charge >= 0.3 is 11.9 Å². The molecule has 186 valence electrons. The van der Waals surface area contributed by atoms with E-state index in [4.69, 9.17) is 9.47 Å². The third-order valence-corrected chi connectivity index (χ3v) is 9.14. The van der Waals surface area contributed by atoms with Crippen LogP contribution in [-0.4, -0.2) is 25.2 Å². The first-order valence-electron chi connectivity index (χ1n) is 13.4. The van der Waals surface area contributed by atoms with Gasteiger partial charge in [-0.05, 0) is 111 Å². The molecule has 0 amide bonds. The molecule has 0 aliphatic heterocycles. The Labute approximate surface area is 215 Å². The lowest BCUT2D eigenvalue weighted by Gasteiger charge is -2.33. The zero-order chi connectivity index (χ0) is 25.6. The summed E-state index contributed by atoms with van der Waals surface area (Å²) < 4.78 is 11.0. The first-order valence-corrected chi connectivity index (χ1v) is 13.4. The molecule has 4 heteroatoms. The highest BCUT2D eigenvalue weighted by Crippen LogP contribution is 2.63. The molecule has 4 atom stereocenters. The van der Waals surface area contributed by atoms with Crippen LogP contribution < -0.4 is 0 Å². The number of fused-ring (bicyclic) bond motifs is 8. The lowest BCUT2D eigenvalue weighted by Crippen LogP contribution is -2.36. The van der Waals surface area contributed by atoms with E-state index < -0.39 is 11.8 Å². The molecule has 0 aromatic heterocycles. The van der Waals surface area contributed by atoms with Gasteiger partial charge in [0.2, 0.25) is 0 Å². The summed E-state index contributed by atoms with van der Waals surface area (Å²) in [6, 6.07) is 17.6. The van der Waals surface area contributed by atoms with Crippen molar-refractivity contribution in [2.24, 2.45) is 11.8 Å². The topological polar surface area (TPSA) is 52.6 Å². The first kappa shape index (κ1) is 22.5. The van der Waals surface area contributed by atoms with Gasteiger partial charge < -0.3 is 9.47 Å². The number of carbonyl (C=O) groups excluding carboxylic acids is 2. The molecule has 0 unspecified atom stereocenters. The van der Waals surface area contributed by atoms with E-state index in [2.05, 4.69) is 62.4 Å². The maximum Gasteiger partial charge on any atom is 0.310 e. The third-order valence-electron chi connectivity index (χ3n) is 9.14. The van der Waals surface area contributed by atoms with Crippen LogP contribution in [0.3, 0.4) is 0 Å². The summed E-state index contributed by atoms with van der Waals surface area (Å²) in [5.41, 5.74) is 4.98. The van der Waals surface area contributed by atoms with Gasteiger partial charge in [0, 0.05) is 0 Å². The Morgan fingerprint density at radius 2 is 1.11 bits per heavy atom. The Balaban J connectivity index is 1.60. The minimum atomic E-state index is -0.497. The molecule has 2 aliphatic rings. The van der Waals surface area contributed by atoms with Gasteiger partial charge in [0.25, 0.3) is 0 Å². The summed E-state index contributed by atoms with van der Waals surface area (Å²) in [5.74, 6) is -1.61. The fourth-order valence-electron chi connectivity index (χ4n) is 8.01. The fourth-order valence-corrected chi connectivity index (χ4v) is 8.01. The zero-order valence-electron chi connectivity index (χ0n) is 21.7. The molecular formula is C33H30O4. The summed E-state index contributed by atoms with van der Waals surface area (Å²) in [6.45, 7) is 8.69. The second-order valence-electron chi connectivity index (χ2n) is 10.7. The van der Waals surface area contributed by atoms with Crippen LogP contribution in [-0.2, 0) is 19.1 Å². The third kappa shape index (κ3) is 2.79. The Kier molecular flexibility index (Phi) is 4.82. The number of esters is 2. The number of benzene rings is 5. The van der Waals surface area contributed by atoms with Gasteiger partial charge in [-0.3, -0.25) is 9.59 Å². The minimum Gasteiger partial charge on any atom is -0.466 e. The minimum absolute atomic E-state index is 0.0374. The highest BCUT2D eigenvalue weighted by molar-refractivity contribution is 6.34. The molecular weight excluding hydrogens is 460 g/mol. The highest BCUT2D eigenvalue weighted by Gasteiger charge is 2.59. The predicted octanol–water partition coefficient (Wildman–Crippen LogP) is 7.30. The predicted molar refractivity (Wildman–Crippen MR) is 147 cm³/mol. The maximum absolute atomic E-state index is 13.3. The molecule has 0 heterocycles. The normalized spacial score (nSPS) is 22.4. The molecule has 0 N–H and O–H groups in total. The van der Waals surface area contributed by atoms with Crippen molar-refractivity contribution in [2.45, 2.75) is 46.0 Å². The van der Waals surface area contributed by atoms with Gasteiger partial charge in [0.15, 0.2) is 0 Å². The van der Waals surface area contributed by atoms with Crippen LogP contribution >= 0.6 is 0 Å². The van der Waals surface area contributed by atoms with Gasteiger partial charge in [-0.25, -0.2) is 0 Å². The van der Waals surface area contributed by atoms with E-state index in [1.54, 1.807) is 0 Å². The number of aryl methyl sites for hydroxylation is 2. The molecule has 2 aliphatic carbocycles.